The Morgan fingerprint density at radius 3 is 2.59 bits per heavy atom. The monoisotopic (exact) mass is 303 g/mol. The number of aromatic nitrogens is 1. The molecule has 2 saturated heterocycles. The molecule has 0 amide bonds. The molecule has 2 aliphatic rings. The number of carboxylic acid groups (broad SMARTS) is 1. The van der Waals surface area contributed by atoms with Gasteiger partial charge in [0, 0.05) is 31.5 Å². The molecule has 0 spiro atoms. The highest BCUT2D eigenvalue weighted by molar-refractivity contribution is 5.70. The molecule has 0 saturated carbocycles. The molecule has 120 valence electrons. The molecule has 1 aromatic rings. The third kappa shape index (κ3) is 3.84. The first kappa shape index (κ1) is 15.4. The molecule has 0 aromatic carbocycles. The number of piperidine rings is 2. The number of hydrogen-bond acceptors (Lipinski definition) is 4. The van der Waals surface area contributed by atoms with Gasteiger partial charge < -0.3 is 5.11 Å². The number of rotatable bonds is 4. The lowest BCUT2D eigenvalue weighted by Gasteiger charge is -2.41. The van der Waals surface area contributed by atoms with Crippen molar-refractivity contribution in [3.05, 3.63) is 30.1 Å². The van der Waals surface area contributed by atoms with E-state index in [1.807, 2.05) is 12.4 Å². The van der Waals surface area contributed by atoms with Gasteiger partial charge in [-0.3, -0.25) is 19.6 Å². The van der Waals surface area contributed by atoms with Crippen molar-refractivity contribution in [2.24, 2.45) is 5.92 Å². The zero-order valence-electron chi connectivity index (χ0n) is 13.0. The highest BCUT2D eigenvalue weighted by Crippen LogP contribution is 2.24. The fourth-order valence-corrected chi connectivity index (χ4v) is 3.73. The molecular formula is C17H25N3O2. The number of pyridine rings is 1. The van der Waals surface area contributed by atoms with E-state index >= 15 is 0 Å². The van der Waals surface area contributed by atoms with Gasteiger partial charge in [-0.1, -0.05) is 0 Å². The standard InChI is InChI=1S/C17H25N3O2/c21-17(22)15-2-1-9-20(13-15)16-5-10-19(11-6-16)12-14-3-7-18-8-4-14/h3-4,7-8,15-16H,1-2,5-6,9-13H2,(H,21,22). The van der Waals surface area contributed by atoms with E-state index in [0.717, 1.165) is 58.4 Å². The Kier molecular flexibility index (Phi) is 5.05. The van der Waals surface area contributed by atoms with Crippen molar-refractivity contribution < 1.29 is 9.90 Å². The van der Waals surface area contributed by atoms with Crippen LogP contribution in [0.5, 0.6) is 0 Å². The predicted molar refractivity (Wildman–Crippen MR) is 84.5 cm³/mol. The Morgan fingerprint density at radius 2 is 1.91 bits per heavy atom. The fourth-order valence-electron chi connectivity index (χ4n) is 3.73. The molecule has 1 N–H and O–H groups in total. The van der Waals surface area contributed by atoms with Crippen LogP contribution in [0.2, 0.25) is 0 Å². The summed E-state index contributed by atoms with van der Waals surface area (Å²) in [5, 5.41) is 9.22. The molecule has 1 unspecified atom stereocenters. The topological polar surface area (TPSA) is 56.7 Å². The highest BCUT2D eigenvalue weighted by Gasteiger charge is 2.31. The first-order chi connectivity index (χ1) is 10.7. The molecule has 3 rings (SSSR count). The van der Waals surface area contributed by atoms with Crippen molar-refractivity contribution in [3.63, 3.8) is 0 Å². The van der Waals surface area contributed by atoms with E-state index in [-0.39, 0.29) is 5.92 Å². The number of hydrogen-bond donors (Lipinski definition) is 1. The van der Waals surface area contributed by atoms with E-state index < -0.39 is 5.97 Å². The average molecular weight is 303 g/mol. The molecule has 2 fully saturated rings. The van der Waals surface area contributed by atoms with Crippen LogP contribution in [0.1, 0.15) is 31.2 Å². The van der Waals surface area contributed by atoms with Crippen molar-refractivity contribution in [2.45, 2.75) is 38.3 Å². The smallest absolute Gasteiger partial charge is 0.307 e. The third-order valence-corrected chi connectivity index (χ3v) is 5.03. The van der Waals surface area contributed by atoms with Gasteiger partial charge in [-0.05, 0) is 63.0 Å². The Hall–Kier alpha value is -1.46. The van der Waals surface area contributed by atoms with Gasteiger partial charge in [-0.25, -0.2) is 0 Å². The number of nitrogens with zero attached hydrogens (tertiary/aromatic N) is 3. The minimum absolute atomic E-state index is 0.163. The summed E-state index contributed by atoms with van der Waals surface area (Å²) in [6.45, 7) is 5.00. The minimum atomic E-state index is -0.625. The second-order valence-corrected chi connectivity index (χ2v) is 6.54. The number of aliphatic carboxylic acids is 1. The van der Waals surface area contributed by atoms with Crippen molar-refractivity contribution >= 4 is 5.97 Å². The molecule has 0 radical (unpaired) electrons. The summed E-state index contributed by atoms with van der Waals surface area (Å²) in [4.78, 5) is 20.2. The summed E-state index contributed by atoms with van der Waals surface area (Å²) in [6.07, 6.45) is 7.86. The highest BCUT2D eigenvalue weighted by atomic mass is 16.4. The Bertz CT molecular complexity index is 486. The van der Waals surface area contributed by atoms with Crippen molar-refractivity contribution in [1.82, 2.24) is 14.8 Å². The number of likely N-dealkylation sites (tertiary alicyclic amines) is 2. The summed E-state index contributed by atoms with van der Waals surface area (Å²) in [5.74, 6) is -0.788. The molecule has 0 bridgehead atoms. The summed E-state index contributed by atoms with van der Waals surface area (Å²) in [6, 6.07) is 4.72. The first-order valence-electron chi connectivity index (χ1n) is 8.30. The van der Waals surface area contributed by atoms with Crippen LogP contribution in [0, 0.1) is 5.92 Å². The zero-order chi connectivity index (χ0) is 15.4. The molecule has 5 nitrogen and oxygen atoms in total. The Balaban J connectivity index is 1.48. The summed E-state index contributed by atoms with van der Waals surface area (Å²) < 4.78 is 0. The predicted octanol–water partition coefficient (Wildman–Crippen LogP) is 1.84. The Morgan fingerprint density at radius 1 is 1.18 bits per heavy atom. The molecule has 0 aliphatic carbocycles. The van der Waals surface area contributed by atoms with Gasteiger partial charge in [0.25, 0.3) is 0 Å². The molecular weight excluding hydrogens is 278 g/mol. The normalized spacial score (nSPS) is 25.2. The van der Waals surface area contributed by atoms with Crippen molar-refractivity contribution in [1.29, 1.82) is 0 Å². The van der Waals surface area contributed by atoms with E-state index in [9.17, 15) is 9.90 Å². The molecule has 2 aliphatic heterocycles. The van der Waals surface area contributed by atoms with E-state index in [1.54, 1.807) is 0 Å². The van der Waals surface area contributed by atoms with Gasteiger partial charge >= 0.3 is 5.97 Å². The Labute approximate surface area is 131 Å². The maximum Gasteiger partial charge on any atom is 0.307 e. The summed E-state index contributed by atoms with van der Waals surface area (Å²) >= 11 is 0. The van der Waals surface area contributed by atoms with Gasteiger partial charge in [-0.15, -0.1) is 0 Å². The number of carboxylic acids is 1. The maximum atomic E-state index is 11.2. The van der Waals surface area contributed by atoms with Crippen LogP contribution >= 0.6 is 0 Å². The average Bonchev–Trinajstić information content (AvgIpc) is 2.56. The molecule has 1 aromatic heterocycles. The second kappa shape index (κ2) is 7.20. The van der Waals surface area contributed by atoms with E-state index in [0.29, 0.717) is 6.04 Å². The minimum Gasteiger partial charge on any atom is -0.481 e. The van der Waals surface area contributed by atoms with Crippen molar-refractivity contribution in [3.8, 4) is 0 Å². The van der Waals surface area contributed by atoms with Gasteiger partial charge in [0.1, 0.15) is 0 Å². The van der Waals surface area contributed by atoms with Crippen LogP contribution in [0.15, 0.2) is 24.5 Å². The van der Waals surface area contributed by atoms with Gasteiger partial charge in [-0.2, -0.15) is 0 Å². The lowest BCUT2D eigenvalue weighted by Crippen LogP contribution is -2.49. The van der Waals surface area contributed by atoms with E-state index in [2.05, 4.69) is 26.9 Å². The molecule has 22 heavy (non-hydrogen) atoms. The van der Waals surface area contributed by atoms with Crippen LogP contribution in [-0.4, -0.2) is 58.1 Å². The van der Waals surface area contributed by atoms with E-state index in [4.69, 9.17) is 0 Å². The number of carbonyl (C=O) groups is 1. The third-order valence-electron chi connectivity index (χ3n) is 5.03. The van der Waals surface area contributed by atoms with Gasteiger partial charge in [0.05, 0.1) is 5.92 Å². The van der Waals surface area contributed by atoms with E-state index in [1.165, 1.54) is 5.56 Å². The first-order valence-corrected chi connectivity index (χ1v) is 8.30. The van der Waals surface area contributed by atoms with Gasteiger partial charge in [0.2, 0.25) is 0 Å². The molecule has 1 atom stereocenters. The van der Waals surface area contributed by atoms with Crippen LogP contribution in [-0.2, 0) is 11.3 Å². The lowest BCUT2D eigenvalue weighted by molar-refractivity contribution is -0.144. The quantitative estimate of drug-likeness (QED) is 0.920. The fraction of sp³-hybridized carbons (Fsp3) is 0.647. The summed E-state index contributed by atoms with van der Waals surface area (Å²) in [7, 11) is 0. The molecule has 3 heterocycles. The van der Waals surface area contributed by atoms with Crippen LogP contribution in [0.3, 0.4) is 0 Å². The van der Waals surface area contributed by atoms with Crippen molar-refractivity contribution in [2.75, 3.05) is 26.2 Å². The second-order valence-electron chi connectivity index (χ2n) is 6.54. The van der Waals surface area contributed by atoms with Crippen LogP contribution in [0.25, 0.3) is 0 Å². The largest absolute Gasteiger partial charge is 0.481 e. The van der Waals surface area contributed by atoms with Crippen LogP contribution in [0.4, 0.5) is 0 Å². The lowest BCUT2D eigenvalue weighted by atomic mass is 9.94. The SMILES string of the molecule is O=C(O)C1CCCN(C2CCN(Cc3ccncc3)CC2)C1. The molecule has 5 heteroatoms. The maximum absolute atomic E-state index is 11.2. The zero-order valence-corrected chi connectivity index (χ0v) is 13.0. The van der Waals surface area contributed by atoms with Gasteiger partial charge in [0.15, 0.2) is 0 Å². The summed E-state index contributed by atoms with van der Waals surface area (Å²) in [5.41, 5.74) is 1.32. The van der Waals surface area contributed by atoms with Crippen LogP contribution < -0.4 is 0 Å².